The van der Waals surface area contributed by atoms with Crippen LogP contribution in [0.1, 0.15) is 150 Å². The number of nitrogens with zero attached hydrogens (tertiary/aromatic N) is 7. The van der Waals surface area contributed by atoms with Gasteiger partial charge in [-0.1, -0.05) is 40.7 Å². The molecule has 1 aromatic heterocycles. The number of carbonyl (C=O) groups excluding carboxylic acids is 7. The Morgan fingerprint density at radius 2 is 1.39 bits per heavy atom. The summed E-state index contributed by atoms with van der Waals surface area (Å²) in [5.41, 5.74) is 36.7. The number of aliphatic imine (C=N–C) groups is 3. The summed E-state index contributed by atoms with van der Waals surface area (Å²) in [6, 6.07) is 2.65. The standard InChI is InChI=1S/C62H90N13O14P.Co.N.Zn/c1-29-20-39-40(21-30(29)2)75(28-70-39)57-52(84)53(41(27-76)87-57)89-90(85,86)88-31(3)26-69-49(83)18-19-59(8)37(22-46(66)80)56-62(11)61(10,25-48(68)82)36(14-17-45(65)79)51(74-62)33(5)55-60(9,24-47(67)81)34(12-15-43(63)77)38(71-55)23-42-58(6,7)35(13-16-44(64)78)50(72-42)32(4)54(59)73-56;;;/h20-21,23,28,31,34-37,41,52-53,56-57,76,84H,12-19,22,24-27H2,1-11H3,(H15,63,64,65,66,67,68,69,71,72,73,74,77,78,79,80,81,82,83,85,86);;;/q;+3;-1;/p-2. The minimum atomic E-state index is -5.32. The van der Waals surface area contributed by atoms with E-state index in [1.54, 1.807) is 6.92 Å². The van der Waals surface area contributed by atoms with Gasteiger partial charge in [-0.2, -0.15) is 5.70 Å². The number of benzene rings is 1. The predicted molar refractivity (Wildman–Crippen MR) is 335 cm³/mol. The first kappa shape index (κ1) is 76.0. The average molecular weight is 1410 g/mol. The summed E-state index contributed by atoms with van der Waals surface area (Å²) >= 11 is 0.375. The zero-order valence-corrected chi connectivity index (χ0v) is 59.6. The topological polar surface area (TPSA) is 487 Å². The van der Waals surface area contributed by atoms with Crippen LogP contribution in [0.3, 0.4) is 0 Å². The van der Waals surface area contributed by atoms with Gasteiger partial charge in [0.15, 0.2) is 6.23 Å². The van der Waals surface area contributed by atoms with Crippen LogP contribution in [0.5, 0.6) is 0 Å². The second-order valence-electron chi connectivity index (χ2n) is 27.0. The van der Waals surface area contributed by atoms with E-state index in [1.807, 2.05) is 80.5 Å². The number of amides is 7. The molecule has 506 valence electrons. The summed E-state index contributed by atoms with van der Waals surface area (Å²) in [5, 5.41) is 30.1. The number of allylic oxidation sites excluding steroid dienone is 6. The molecular weight excluding hydrogens is 1320 g/mol. The van der Waals surface area contributed by atoms with Gasteiger partial charge in [-0.15, -0.1) is 0 Å². The number of primary amides is 6. The first-order valence-corrected chi connectivity index (χ1v) is 33.6. The molecule has 15 N–H and O–H groups in total. The van der Waals surface area contributed by atoms with Crippen LogP contribution >= 0.6 is 7.82 Å². The molecule has 2 aromatic rings. The van der Waals surface area contributed by atoms with E-state index in [2.05, 4.69) is 10.3 Å². The molecule has 6 aliphatic rings. The molecule has 0 aliphatic carbocycles. The van der Waals surface area contributed by atoms with E-state index in [1.165, 1.54) is 17.8 Å². The number of nitrogens with one attached hydrogen (secondary N) is 1. The molecule has 28 nitrogen and oxygen atoms in total. The molecule has 7 heterocycles. The second-order valence-corrected chi connectivity index (χ2v) is 28.3. The zero-order chi connectivity index (χ0) is 68.7. The molecule has 1 aromatic carbocycles. The van der Waals surface area contributed by atoms with Crippen molar-refractivity contribution in [3.63, 3.8) is 0 Å². The van der Waals surface area contributed by atoms with Gasteiger partial charge in [-0.25, -0.2) is 4.98 Å². The fourth-order valence-corrected chi connectivity index (χ4v) is 16.4. The number of aryl methyl sites for hydroxylation is 2. The van der Waals surface area contributed by atoms with Crippen molar-refractivity contribution in [3.8, 4) is 0 Å². The van der Waals surface area contributed by atoms with Crippen LogP contribution in [-0.2, 0) is 86.8 Å². The van der Waals surface area contributed by atoms with Gasteiger partial charge in [0.1, 0.15) is 18.3 Å². The summed E-state index contributed by atoms with van der Waals surface area (Å²) in [5.74, 6) is -7.40. The van der Waals surface area contributed by atoms with Crippen LogP contribution < -0.4 is 44.6 Å². The second kappa shape index (κ2) is 29.1. The molecule has 15 unspecified atom stereocenters. The van der Waals surface area contributed by atoms with E-state index < -0.39 is 143 Å². The summed E-state index contributed by atoms with van der Waals surface area (Å²) in [7, 11) is -5.32. The van der Waals surface area contributed by atoms with E-state index in [4.69, 9.17) is 72.6 Å². The molecule has 2 saturated heterocycles. The van der Waals surface area contributed by atoms with Crippen molar-refractivity contribution in [1.82, 2.24) is 14.9 Å². The van der Waals surface area contributed by atoms with Crippen molar-refractivity contribution in [3.05, 3.63) is 73.3 Å². The third-order valence-corrected chi connectivity index (χ3v) is 21.6. The molecule has 93 heavy (non-hydrogen) atoms. The molecule has 0 radical (unpaired) electrons. The first-order valence-electron chi connectivity index (χ1n) is 30.8. The van der Waals surface area contributed by atoms with Crippen LogP contribution in [-0.4, -0.2) is 127 Å². The molecule has 0 spiro atoms. The fraction of sp³-hybridized carbons (Fsp3) is 0.629. The number of rotatable bonds is 26. The number of aliphatic hydroxyl groups is 2. The van der Waals surface area contributed by atoms with Gasteiger partial charge in [-0.05, 0) is 119 Å². The number of nitrogens with two attached hydrogens (primary N) is 6. The number of aliphatic hydroxyl groups excluding tert-OH is 2. The van der Waals surface area contributed by atoms with Gasteiger partial charge in [0, 0.05) is 108 Å². The van der Waals surface area contributed by atoms with Crippen LogP contribution in [0.25, 0.3) is 20.5 Å². The van der Waals surface area contributed by atoms with Gasteiger partial charge < -0.3 is 78.5 Å². The monoisotopic (exact) mass is 1410 g/mol. The van der Waals surface area contributed by atoms with Crippen molar-refractivity contribution in [2.45, 2.75) is 189 Å². The van der Waals surface area contributed by atoms with Gasteiger partial charge in [0.2, 0.25) is 41.4 Å². The Morgan fingerprint density at radius 3 is 1.96 bits per heavy atom. The maximum atomic E-state index is 14.4. The van der Waals surface area contributed by atoms with Crippen molar-refractivity contribution in [2.75, 3.05) is 13.2 Å². The first-order chi connectivity index (χ1) is 42.8. The predicted octanol–water partition coefficient (Wildman–Crippen LogP) is 3.60. The van der Waals surface area contributed by atoms with Crippen molar-refractivity contribution >= 4 is 77.3 Å². The van der Waals surface area contributed by atoms with E-state index in [-0.39, 0.29) is 94.0 Å². The summed E-state index contributed by atoms with van der Waals surface area (Å²) in [4.78, 5) is 128. The Kier molecular flexibility index (Phi) is 23.8. The Bertz CT molecular complexity index is 3570. The summed E-state index contributed by atoms with van der Waals surface area (Å²) in [6.07, 6.45) is -4.79. The zero-order valence-electron chi connectivity index (χ0n) is 54.7. The normalized spacial score (nSPS) is 32.6. The van der Waals surface area contributed by atoms with Crippen LogP contribution in [0.2, 0.25) is 0 Å². The third-order valence-electron chi connectivity index (χ3n) is 20.5. The third kappa shape index (κ3) is 15.0. The van der Waals surface area contributed by atoms with E-state index in [9.17, 15) is 53.2 Å². The fourth-order valence-electron chi connectivity index (χ4n) is 15.3. The number of ether oxygens (including phenoxy) is 1. The average Bonchev–Trinajstić information content (AvgIpc) is 1.53. The molecule has 2 fully saturated rings. The molecule has 31 heteroatoms. The quantitative estimate of drug-likeness (QED) is 0.0480. The Labute approximate surface area is 561 Å². The summed E-state index contributed by atoms with van der Waals surface area (Å²) < 4.78 is 39.0. The number of imidazole rings is 1. The number of hydrogen-bond donors (Lipinski definition) is 9. The Hall–Kier alpha value is -6.07. The number of phosphoric ester groups is 1. The Morgan fingerprint density at radius 1 is 0.806 bits per heavy atom. The molecule has 6 aliphatic heterocycles. The molecular formula is C62H88CoN14O14PZn. The van der Waals surface area contributed by atoms with Gasteiger partial charge >= 0.3 is 39.0 Å². The van der Waals surface area contributed by atoms with Crippen molar-refractivity contribution < 1.29 is 102 Å². The number of phosphoric acid groups is 1. The molecule has 8 rings (SSSR count). The van der Waals surface area contributed by atoms with E-state index in [0.29, 0.717) is 74.5 Å². The number of hydrogen-bond acceptors (Lipinski definition) is 18. The number of carbonyl (C=O) groups is 7. The minimum absolute atomic E-state index is 0. The molecule has 15 atom stereocenters. The SMILES string of the molecule is C/C1=C2/N=C(C=C3N=C(/C(C)=C4\[N-]C(C(CC(N)=O)C4(C)CCC(=O)NCC(C)OP(=O)([O-])OC4C(CO)OC(n5cnc6cc(C)c(C)cc65)C4O)C4(C)N=C1C(CCC(N)=O)C4(C)CC(N)=O)C(CCC(N)=O)C3(C)C)C(CCC(N)=O)C2(C)CC(N)=O.[Co+3].[N-]=[Zn]. The van der Waals surface area contributed by atoms with Gasteiger partial charge in [0.25, 0.3) is 7.82 Å². The van der Waals surface area contributed by atoms with E-state index in [0.717, 1.165) is 11.1 Å². The molecule has 7 amide bonds. The van der Waals surface area contributed by atoms with Crippen LogP contribution in [0, 0.1) is 59.2 Å². The number of fused-ring (bicyclic) bond motifs is 7. The maximum absolute atomic E-state index is 14.4. The molecule has 0 saturated carbocycles. The van der Waals surface area contributed by atoms with Crippen molar-refractivity contribution in [2.24, 2.45) is 94.7 Å². The van der Waals surface area contributed by atoms with Crippen molar-refractivity contribution in [1.29, 1.82) is 0 Å². The summed E-state index contributed by atoms with van der Waals surface area (Å²) in [6.45, 7) is 19.0. The van der Waals surface area contributed by atoms with Gasteiger partial charge in [-0.3, -0.25) is 53.1 Å². The van der Waals surface area contributed by atoms with Crippen LogP contribution in [0.4, 0.5) is 0 Å². The van der Waals surface area contributed by atoms with Gasteiger partial charge in [0.05, 0.1) is 41.3 Å². The molecule has 8 bridgehead atoms. The Balaban J connectivity index is 0.00000453. The number of aromatic nitrogens is 2. The van der Waals surface area contributed by atoms with E-state index >= 15 is 0 Å². The van der Waals surface area contributed by atoms with Crippen LogP contribution in [0.15, 0.2) is 67.8 Å².